The van der Waals surface area contributed by atoms with E-state index in [0.29, 0.717) is 13.0 Å². The standard InChI is InChI=1S/C13H15N3O3/c1-9-3-4-10(13(18)19)12(17)16(9)7-5-11-14-6-8-15(11)2/h3-4,6,8H,5,7H2,1-2H3,(H,18,19). The average molecular weight is 261 g/mol. The van der Waals surface area contributed by atoms with Crippen molar-refractivity contribution in [1.82, 2.24) is 14.1 Å². The van der Waals surface area contributed by atoms with Crippen molar-refractivity contribution in [2.45, 2.75) is 19.9 Å². The summed E-state index contributed by atoms with van der Waals surface area (Å²) >= 11 is 0. The molecule has 1 N–H and O–H groups in total. The third-order valence-electron chi connectivity index (χ3n) is 3.10. The quantitative estimate of drug-likeness (QED) is 0.884. The number of aromatic carboxylic acids is 1. The zero-order chi connectivity index (χ0) is 14.0. The van der Waals surface area contributed by atoms with Crippen molar-refractivity contribution in [3.63, 3.8) is 0 Å². The number of aryl methyl sites for hydroxylation is 3. The summed E-state index contributed by atoms with van der Waals surface area (Å²) < 4.78 is 3.35. The Balaban J connectivity index is 2.30. The highest BCUT2D eigenvalue weighted by molar-refractivity contribution is 5.87. The van der Waals surface area contributed by atoms with E-state index in [1.807, 2.05) is 17.8 Å². The van der Waals surface area contributed by atoms with Crippen LogP contribution in [0.4, 0.5) is 0 Å². The van der Waals surface area contributed by atoms with Gasteiger partial charge in [-0.1, -0.05) is 0 Å². The number of pyridine rings is 1. The maximum Gasteiger partial charge on any atom is 0.341 e. The van der Waals surface area contributed by atoms with Gasteiger partial charge in [-0.05, 0) is 19.1 Å². The maximum absolute atomic E-state index is 12.0. The first-order valence-corrected chi connectivity index (χ1v) is 5.90. The first kappa shape index (κ1) is 13.1. The lowest BCUT2D eigenvalue weighted by Crippen LogP contribution is -2.28. The Morgan fingerprint density at radius 1 is 1.42 bits per heavy atom. The minimum absolute atomic E-state index is 0.203. The lowest BCUT2D eigenvalue weighted by atomic mass is 10.2. The Hall–Kier alpha value is -2.37. The summed E-state index contributed by atoms with van der Waals surface area (Å²) in [4.78, 5) is 27.2. The summed E-state index contributed by atoms with van der Waals surface area (Å²) in [5.41, 5.74) is 0.0661. The molecule has 0 saturated heterocycles. The summed E-state index contributed by atoms with van der Waals surface area (Å²) in [6.07, 6.45) is 4.10. The highest BCUT2D eigenvalue weighted by Crippen LogP contribution is 2.02. The van der Waals surface area contributed by atoms with Gasteiger partial charge in [0, 0.05) is 38.1 Å². The van der Waals surface area contributed by atoms with Gasteiger partial charge in [0.2, 0.25) is 0 Å². The summed E-state index contributed by atoms with van der Waals surface area (Å²) in [6.45, 7) is 2.20. The Morgan fingerprint density at radius 2 is 2.16 bits per heavy atom. The summed E-state index contributed by atoms with van der Waals surface area (Å²) in [7, 11) is 1.88. The Bertz CT molecular complexity index is 670. The summed E-state index contributed by atoms with van der Waals surface area (Å²) in [5, 5.41) is 8.95. The second kappa shape index (κ2) is 5.09. The van der Waals surface area contributed by atoms with Crippen molar-refractivity contribution in [2.75, 3.05) is 0 Å². The van der Waals surface area contributed by atoms with Gasteiger partial charge in [-0.2, -0.15) is 0 Å². The molecule has 0 bridgehead atoms. The van der Waals surface area contributed by atoms with Crippen LogP contribution in [0, 0.1) is 6.92 Å². The van der Waals surface area contributed by atoms with Crippen molar-refractivity contribution in [3.05, 3.63) is 52.0 Å². The molecule has 100 valence electrons. The Labute approximate surface area is 109 Å². The fourth-order valence-corrected chi connectivity index (χ4v) is 1.96. The van der Waals surface area contributed by atoms with E-state index < -0.39 is 11.5 Å². The zero-order valence-corrected chi connectivity index (χ0v) is 10.8. The van der Waals surface area contributed by atoms with Gasteiger partial charge in [0.05, 0.1) is 0 Å². The fraction of sp³-hybridized carbons (Fsp3) is 0.308. The lowest BCUT2D eigenvalue weighted by molar-refractivity contribution is 0.0694. The van der Waals surface area contributed by atoms with Gasteiger partial charge >= 0.3 is 5.97 Å². The molecule has 0 spiro atoms. The monoisotopic (exact) mass is 261 g/mol. The van der Waals surface area contributed by atoms with E-state index in [4.69, 9.17) is 5.11 Å². The molecule has 0 amide bonds. The third-order valence-corrected chi connectivity index (χ3v) is 3.10. The van der Waals surface area contributed by atoms with Crippen molar-refractivity contribution >= 4 is 5.97 Å². The number of carbonyl (C=O) groups is 1. The van der Waals surface area contributed by atoms with Gasteiger partial charge in [0.25, 0.3) is 5.56 Å². The van der Waals surface area contributed by atoms with E-state index in [1.54, 1.807) is 19.2 Å². The van der Waals surface area contributed by atoms with Crippen LogP contribution in [-0.2, 0) is 20.0 Å². The van der Waals surface area contributed by atoms with Crippen molar-refractivity contribution in [3.8, 4) is 0 Å². The molecule has 0 atom stereocenters. The van der Waals surface area contributed by atoms with Crippen LogP contribution in [-0.4, -0.2) is 25.2 Å². The first-order valence-electron chi connectivity index (χ1n) is 5.90. The molecule has 2 aromatic rings. The molecular formula is C13H15N3O3. The van der Waals surface area contributed by atoms with E-state index in [-0.39, 0.29) is 5.56 Å². The van der Waals surface area contributed by atoms with Crippen LogP contribution in [0.3, 0.4) is 0 Å². The van der Waals surface area contributed by atoms with Crippen LogP contribution < -0.4 is 5.56 Å². The molecule has 2 heterocycles. The molecule has 0 fully saturated rings. The van der Waals surface area contributed by atoms with Crippen molar-refractivity contribution in [1.29, 1.82) is 0 Å². The summed E-state index contributed by atoms with van der Waals surface area (Å²) in [5.74, 6) is -0.345. The molecular weight excluding hydrogens is 246 g/mol. The molecule has 2 aromatic heterocycles. The van der Waals surface area contributed by atoms with E-state index >= 15 is 0 Å². The van der Waals surface area contributed by atoms with E-state index in [0.717, 1.165) is 11.5 Å². The van der Waals surface area contributed by atoms with Crippen LogP contribution in [0.25, 0.3) is 0 Å². The van der Waals surface area contributed by atoms with E-state index in [1.165, 1.54) is 10.6 Å². The molecule has 0 aliphatic rings. The molecule has 0 saturated carbocycles. The van der Waals surface area contributed by atoms with Crippen LogP contribution in [0.15, 0.2) is 29.3 Å². The molecule has 0 radical (unpaired) electrons. The zero-order valence-electron chi connectivity index (χ0n) is 10.8. The molecule has 0 aliphatic heterocycles. The normalized spacial score (nSPS) is 10.6. The average Bonchev–Trinajstić information content (AvgIpc) is 2.74. The maximum atomic E-state index is 12.0. The number of hydrogen-bond donors (Lipinski definition) is 1. The number of nitrogens with zero attached hydrogens (tertiary/aromatic N) is 3. The number of imidazole rings is 1. The summed E-state index contributed by atoms with van der Waals surface area (Å²) in [6, 6.07) is 2.99. The Kier molecular flexibility index (Phi) is 3.50. The molecule has 6 heteroatoms. The lowest BCUT2D eigenvalue weighted by Gasteiger charge is -2.10. The van der Waals surface area contributed by atoms with Crippen molar-refractivity contribution < 1.29 is 9.90 Å². The molecule has 2 rings (SSSR count). The fourth-order valence-electron chi connectivity index (χ4n) is 1.96. The second-order valence-corrected chi connectivity index (χ2v) is 4.35. The minimum Gasteiger partial charge on any atom is -0.477 e. The van der Waals surface area contributed by atoms with Crippen LogP contribution in [0.2, 0.25) is 0 Å². The molecule has 0 unspecified atom stereocenters. The largest absolute Gasteiger partial charge is 0.477 e. The Morgan fingerprint density at radius 3 is 2.74 bits per heavy atom. The van der Waals surface area contributed by atoms with E-state index in [2.05, 4.69) is 4.98 Å². The van der Waals surface area contributed by atoms with Crippen LogP contribution >= 0.6 is 0 Å². The SMILES string of the molecule is Cc1ccc(C(=O)O)c(=O)n1CCc1nccn1C. The smallest absolute Gasteiger partial charge is 0.341 e. The molecule has 6 nitrogen and oxygen atoms in total. The molecule has 0 aromatic carbocycles. The van der Waals surface area contributed by atoms with Gasteiger partial charge in [-0.25, -0.2) is 9.78 Å². The third kappa shape index (κ3) is 2.57. The predicted octanol–water partition coefficient (Wildman–Crippen LogP) is 0.831. The van der Waals surface area contributed by atoms with Crippen LogP contribution in [0.5, 0.6) is 0 Å². The topological polar surface area (TPSA) is 77.1 Å². The second-order valence-electron chi connectivity index (χ2n) is 4.35. The van der Waals surface area contributed by atoms with Gasteiger partial charge in [0.15, 0.2) is 0 Å². The molecule has 19 heavy (non-hydrogen) atoms. The van der Waals surface area contributed by atoms with Gasteiger partial charge in [-0.15, -0.1) is 0 Å². The highest BCUT2D eigenvalue weighted by Gasteiger charge is 2.12. The van der Waals surface area contributed by atoms with Crippen molar-refractivity contribution in [2.24, 2.45) is 7.05 Å². The van der Waals surface area contributed by atoms with Gasteiger partial charge in [-0.3, -0.25) is 4.79 Å². The number of hydrogen-bond acceptors (Lipinski definition) is 3. The highest BCUT2D eigenvalue weighted by atomic mass is 16.4. The van der Waals surface area contributed by atoms with E-state index in [9.17, 15) is 9.59 Å². The molecule has 0 aliphatic carbocycles. The minimum atomic E-state index is -1.20. The number of aromatic nitrogens is 3. The van der Waals surface area contributed by atoms with Gasteiger partial charge in [0.1, 0.15) is 11.4 Å². The predicted molar refractivity (Wildman–Crippen MR) is 69.3 cm³/mol. The first-order chi connectivity index (χ1) is 9.00. The number of rotatable bonds is 4. The van der Waals surface area contributed by atoms with Crippen LogP contribution in [0.1, 0.15) is 21.9 Å². The van der Waals surface area contributed by atoms with Gasteiger partial charge < -0.3 is 14.2 Å². The number of carboxylic acid groups (broad SMARTS) is 1. The number of carboxylic acids is 1.